The largest absolute Gasteiger partial charge is 0.477 e. The van der Waals surface area contributed by atoms with E-state index in [0.29, 0.717) is 18.1 Å². The van der Waals surface area contributed by atoms with Crippen molar-refractivity contribution in [3.8, 4) is 5.88 Å². The van der Waals surface area contributed by atoms with Crippen LogP contribution in [-0.4, -0.2) is 40.0 Å². The second kappa shape index (κ2) is 7.65. The summed E-state index contributed by atoms with van der Waals surface area (Å²) in [4.78, 5) is 4.06. The van der Waals surface area contributed by atoms with Gasteiger partial charge < -0.3 is 20.9 Å². The molecule has 1 rings (SSSR count). The molecule has 1 unspecified atom stereocenters. The molecule has 0 aliphatic rings. The second-order valence-corrected chi connectivity index (χ2v) is 4.02. The number of aliphatic hydroxyl groups is 1. The molecule has 1 heterocycles. The minimum Gasteiger partial charge on any atom is -0.477 e. The molecule has 4 N–H and O–H groups in total. The zero-order valence-electron chi connectivity index (χ0n) is 10.9. The third-order valence-electron chi connectivity index (χ3n) is 2.59. The van der Waals surface area contributed by atoms with Crippen LogP contribution in [0.4, 0.5) is 11.8 Å². The van der Waals surface area contributed by atoms with Gasteiger partial charge in [0.1, 0.15) is 0 Å². The number of nitrogens with two attached hydrogens (primary N) is 1. The highest BCUT2D eigenvalue weighted by Gasteiger charge is 2.14. The molecule has 102 valence electrons. The molecule has 0 aliphatic heterocycles. The molecule has 0 radical (unpaired) electrons. The summed E-state index contributed by atoms with van der Waals surface area (Å²) in [6, 6.07) is 0.125. The number of methoxy groups -OCH3 is 1. The van der Waals surface area contributed by atoms with Crippen LogP contribution in [0.3, 0.4) is 0 Å². The van der Waals surface area contributed by atoms with Crippen LogP contribution in [0.25, 0.3) is 0 Å². The first kappa shape index (κ1) is 14.4. The van der Waals surface area contributed by atoms with Gasteiger partial charge in [-0.2, -0.15) is 4.98 Å². The van der Waals surface area contributed by atoms with E-state index in [-0.39, 0.29) is 18.6 Å². The van der Waals surface area contributed by atoms with Crippen molar-refractivity contribution in [2.45, 2.75) is 38.6 Å². The lowest BCUT2D eigenvalue weighted by Gasteiger charge is -2.18. The third-order valence-corrected chi connectivity index (χ3v) is 2.59. The first-order valence-electron chi connectivity index (χ1n) is 6.12. The molecular formula is C11H21N5O2. The van der Waals surface area contributed by atoms with Crippen molar-refractivity contribution in [1.29, 1.82) is 0 Å². The predicted molar refractivity (Wildman–Crippen MR) is 69.4 cm³/mol. The molecule has 0 fully saturated rings. The molecular weight excluding hydrogens is 234 g/mol. The number of hydrogen-bond donors (Lipinski definition) is 3. The van der Waals surface area contributed by atoms with Gasteiger partial charge in [0, 0.05) is 12.6 Å². The standard InChI is InChI=1S/C11H21N5O2/c1-3-4-5-8(6-7-17)13-9-10(18-2)15-16-11(12)14-9/h8,17H,3-7H2,1-2H3,(H3,12,13,14,16). The normalized spacial score (nSPS) is 12.2. The van der Waals surface area contributed by atoms with Crippen molar-refractivity contribution >= 4 is 11.8 Å². The van der Waals surface area contributed by atoms with Gasteiger partial charge in [0.15, 0.2) is 5.82 Å². The molecule has 1 aromatic heterocycles. The average molecular weight is 255 g/mol. The van der Waals surface area contributed by atoms with Crippen LogP contribution in [0.1, 0.15) is 32.6 Å². The summed E-state index contributed by atoms with van der Waals surface area (Å²) < 4.78 is 5.07. The van der Waals surface area contributed by atoms with Gasteiger partial charge in [-0.3, -0.25) is 0 Å². The van der Waals surface area contributed by atoms with E-state index in [0.717, 1.165) is 19.3 Å². The lowest BCUT2D eigenvalue weighted by atomic mass is 10.1. The molecule has 0 bridgehead atoms. The van der Waals surface area contributed by atoms with Crippen LogP contribution in [0.2, 0.25) is 0 Å². The van der Waals surface area contributed by atoms with Crippen molar-refractivity contribution in [2.75, 3.05) is 24.8 Å². The number of nitrogen functional groups attached to an aromatic ring is 1. The zero-order valence-corrected chi connectivity index (χ0v) is 10.9. The first-order valence-corrected chi connectivity index (χ1v) is 6.12. The van der Waals surface area contributed by atoms with Gasteiger partial charge in [-0.05, 0) is 12.8 Å². The summed E-state index contributed by atoms with van der Waals surface area (Å²) >= 11 is 0. The fraction of sp³-hybridized carbons (Fsp3) is 0.727. The van der Waals surface area contributed by atoms with E-state index < -0.39 is 0 Å². The highest BCUT2D eigenvalue weighted by molar-refractivity contribution is 5.47. The molecule has 0 saturated carbocycles. The Balaban J connectivity index is 2.74. The van der Waals surface area contributed by atoms with Crippen LogP contribution in [0, 0.1) is 0 Å². The maximum atomic E-state index is 9.05. The fourth-order valence-corrected chi connectivity index (χ4v) is 1.65. The number of nitrogens with zero attached hydrogens (tertiary/aromatic N) is 3. The second-order valence-electron chi connectivity index (χ2n) is 4.02. The maximum absolute atomic E-state index is 9.05. The number of hydrogen-bond acceptors (Lipinski definition) is 7. The Labute approximate surface area is 107 Å². The highest BCUT2D eigenvalue weighted by atomic mass is 16.5. The van der Waals surface area contributed by atoms with Gasteiger partial charge >= 0.3 is 0 Å². The van der Waals surface area contributed by atoms with Crippen LogP contribution in [0.5, 0.6) is 5.88 Å². The van der Waals surface area contributed by atoms with E-state index in [1.165, 1.54) is 7.11 Å². The molecule has 1 atom stereocenters. The molecule has 0 saturated heterocycles. The SMILES string of the molecule is CCCCC(CCO)Nc1nc(N)nnc1OC. The van der Waals surface area contributed by atoms with Gasteiger partial charge in [0.2, 0.25) is 5.95 Å². The number of nitrogens with one attached hydrogen (secondary N) is 1. The summed E-state index contributed by atoms with van der Waals surface area (Å²) in [5.74, 6) is 0.875. The smallest absolute Gasteiger partial charge is 0.276 e. The molecule has 7 heteroatoms. The topological polar surface area (TPSA) is 106 Å². The lowest BCUT2D eigenvalue weighted by molar-refractivity contribution is 0.275. The van der Waals surface area contributed by atoms with Gasteiger partial charge in [0.05, 0.1) is 7.11 Å². The van der Waals surface area contributed by atoms with Crippen LogP contribution in [0.15, 0.2) is 0 Å². The number of rotatable bonds is 8. The zero-order chi connectivity index (χ0) is 13.4. The Morgan fingerprint density at radius 1 is 1.39 bits per heavy atom. The van der Waals surface area contributed by atoms with Crippen molar-refractivity contribution in [1.82, 2.24) is 15.2 Å². The van der Waals surface area contributed by atoms with Gasteiger partial charge in [-0.15, -0.1) is 10.2 Å². The van der Waals surface area contributed by atoms with Crippen molar-refractivity contribution in [3.63, 3.8) is 0 Å². The summed E-state index contributed by atoms with van der Waals surface area (Å²) in [7, 11) is 1.50. The summed E-state index contributed by atoms with van der Waals surface area (Å²) in [5.41, 5.74) is 5.50. The van der Waals surface area contributed by atoms with Gasteiger partial charge in [0.25, 0.3) is 5.88 Å². The molecule has 7 nitrogen and oxygen atoms in total. The minimum absolute atomic E-state index is 0.0940. The highest BCUT2D eigenvalue weighted by Crippen LogP contribution is 2.20. The number of aliphatic hydroxyl groups excluding tert-OH is 1. The third kappa shape index (κ3) is 4.33. The average Bonchev–Trinajstić information content (AvgIpc) is 2.36. The number of ether oxygens (including phenoxy) is 1. The molecule has 18 heavy (non-hydrogen) atoms. The van der Waals surface area contributed by atoms with E-state index in [2.05, 4.69) is 27.4 Å². The van der Waals surface area contributed by atoms with E-state index in [1.54, 1.807) is 0 Å². The first-order chi connectivity index (χ1) is 8.71. The quantitative estimate of drug-likeness (QED) is 0.631. The molecule has 0 amide bonds. The summed E-state index contributed by atoms with van der Waals surface area (Å²) in [5, 5.41) is 19.7. The van der Waals surface area contributed by atoms with Crippen molar-refractivity contribution in [2.24, 2.45) is 0 Å². The van der Waals surface area contributed by atoms with Gasteiger partial charge in [-0.25, -0.2) is 0 Å². The van der Waals surface area contributed by atoms with E-state index in [1.807, 2.05) is 0 Å². The van der Waals surface area contributed by atoms with Crippen molar-refractivity contribution < 1.29 is 9.84 Å². The molecule has 1 aromatic rings. The van der Waals surface area contributed by atoms with Crippen molar-refractivity contribution in [3.05, 3.63) is 0 Å². The number of aromatic nitrogens is 3. The fourth-order valence-electron chi connectivity index (χ4n) is 1.65. The van der Waals surface area contributed by atoms with Crippen LogP contribution in [-0.2, 0) is 0 Å². The predicted octanol–water partition coefficient (Wildman–Crippen LogP) is 0.815. The Bertz CT molecular complexity index is 361. The molecule has 0 spiro atoms. The maximum Gasteiger partial charge on any atom is 0.276 e. The Kier molecular flexibility index (Phi) is 6.13. The van der Waals surface area contributed by atoms with E-state index >= 15 is 0 Å². The van der Waals surface area contributed by atoms with Crippen LogP contribution >= 0.6 is 0 Å². The van der Waals surface area contributed by atoms with Gasteiger partial charge in [-0.1, -0.05) is 19.8 Å². The Morgan fingerprint density at radius 3 is 2.78 bits per heavy atom. The minimum atomic E-state index is 0.0940. The Morgan fingerprint density at radius 2 is 2.17 bits per heavy atom. The van der Waals surface area contributed by atoms with E-state index in [4.69, 9.17) is 15.6 Å². The van der Waals surface area contributed by atoms with Crippen LogP contribution < -0.4 is 15.8 Å². The summed E-state index contributed by atoms with van der Waals surface area (Å²) in [6.45, 7) is 2.25. The number of anilines is 2. The summed E-state index contributed by atoms with van der Waals surface area (Å²) in [6.07, 6.45) is 3.77. The molecule has 0 aliphatic carbocycles. The Hall–Kier alpha value is -1.63. The lowest BCUT2D eigenvalue weighted by Crippen LogP contribution is -2.22. The monoisotopic (exact) mass is 255 g/mol. The van der Waals surface area contributed by atoms with E-state index in [9.17, 15) is 0 Å². The number of unbranched alkanes of at least 4 members (excludes halogenated alkanes) is 1. The molecule has 0 aromatic carbocycles.